The van der Waals surface area contributed by atoms with Gasteiger partial charge >= 0.3 is 23.9 Å². The average Bonchev–Trinajstić information content (AvgIpc) is 2.53. The molecular formula is C20H36N2O7. The predicted molar refractivity (Wildman–Crippen MR) is 107 cm³/mol. The number of ether oxygens (including phenoxy) is 3. The molecule has 0 spiro atoms. The highest BCUT2D eigenvalue weighted by atomic mass is 16.6. The molecule has 0 aliphatic rings. The third kappa shape index (κ3) is 14.3. The molecule has 168 valence electrons. The van der Waals surface area contributed by atoms with Crippen LogP contribution in [0, 0.1) is 0 Å². The van der Waals surface area contributed by atoms with E-state index in [1.165, 1.54) is 0 Å². The van der Waals surface area contributed by atoms with Gasteiger partial charge in [-0.05, 0) is 61.3 Å². The number of carbonyl (C=O) groups is 4. The fourth-order valence-electron chi connectivity index (χ4n) is 1.99. The standard InChI is InChI=1S/C20H36N2O7/c1-9-13(2)27-16(24)12-21-18(26)22-14(17(25)29-20(6,7)8)10-11-15(23)28-19(3,4)5/h13-14H,9-12H2,1-8H3,(H2,21,22,26)/t13-,14-/m0/s1. The van der Waals surface area contributed by atoms with E-state index in [1.54, 1.807) is 48.5 Å². The minimum atomic E-state index is -1.08. The molecule has 29 heavy (non-hydrogen) atoms. The summed E-state index contributed by atoms with van der Waals surface area (Å²) >= 11 is 0. The molecule has 0 saturated heterocycles. The highest BCUT2D eigenvalue weighted by Crippen LogP contribution is 2.13. The number of amides is 2. The number of carbonyl (C=O) groups excluding carboxylic acids is 4. The van der Waals surface area contributed by atoms with Gasteiger partial charge in [-0.15, -0.1) is 0 Å². The highest BCUT2D eigenvalue weighted by molar-refractivity contribution is 5.86. The molecule has 0 rings (SSSR count). The van der Waals surface area contributed by atoms with Gasteiger partial charge < -0.3 is 24.8 Å². The van der Waals surface area contributed by atoms with Crippen molar-refractivity contribution in [3.05, 3.63) is 0 Å². The summed E-state index contributed by atoms with van der Waals surface area (Å²) in [6.45, 7) is 13.6. The third-order valence-electron chi connectivity index (χ3n) is 3.35. The molecule has 0 fully saturated rings. The Bertz CT molecular complexity index is 576. The van der Waals surface area contributed by atoms with Gasteiger partial charge in [0.1, 0.15) is 23.8 Å². The second-order valence-corrected chi connectivity index (χ2v) is 8.75. The Balaban J connectivity index is 4.84. The zero-order valence-corrected chi connectivity index (χ0v) is 18.8. The van der Waals surface area contributed by atoms with Gasteiger partial charge in [-0.2, -0.15) is 0 Å². The van der Waals surface area contributed by atoms with E-state index in [4.69, 9.17) is 14.2 Å². The molecule has 2 N–H and O–H groups in total. The minimum Gasteiger partial charge on any atom is -0.461 e. The number of hydrogen-bond donors (Lipinski definition) is 2. The van der Waals surface area contributed by atoms with Crippen LogP contribution in [0.25, 0.3) is 0 Å². The van der Waals surface area contributed by atoms with E-state index >= 15 is 0 Å². The van der Waals surface area contributed by atoms with E-state index in [1.807, 2.05) is 6.92 Å². The zero-order valence-electron chi connectivity index (χ0n) is 18.8. The zero-order chi connectivity index (χ0) is 22.8. The maximum atomic E-state index is 12.4. The fraction of sp³-hybridized carbons (Fsp3) is 0.800. The molecule has 0 aliphatic carbocycles. The van der Waals surface area contributed by atoms with Crippen LogP contribution in [0.2, 0.25) is 0 Å². The molecule has 0 aliphatic heterocycles. The van der Waals surface area contributed by atoms with Crippen LogP contribution in [-0.2, 0) is 28.6 Å². The Morgan fingerprint density at radius 2 is 1.45 bits per heavy atom. The van der Waals surface area contributed by atoms with Gasteiger partial charge in [-0.25, -0.2) is 9.59 Å². The summed E-state index contributed by atoms with van der Waals surface area (Å²) in [5.41, 5.74) is -1.42. The van der Waals surface area contributed by atoms with Crippen molar-refractivity contribution in [3.63, 3.8) is 0 Å². The first-order valence-electron chi connectivity index (χ1n) is 9.81. The summed E-state index contributed by atoms with van der Waals surface area (Å²) < 4.78 is 15.6. The van der Waals surface area contributed by atoms with Crippen molar-refractivity contribution in [2.75, 3.05) is 6.54 Å². The molecule has 0 saturated carbocycles. The monoisotopic (exact) mass is 416 g/mol. The van der Waals surface area contributed by atoms with Crippen LogP contribution < -0.4 is 10.6 Å². The maximum Gasteiger partial charge on any atom is 0.329 e. The van der Waals surface area contributed by atoms with Crippen LogP contribution in [0.5, 0.6) is 0 Å². The quantitative estimate of drug-likeness (QED) is 0.437. The lowest BCUT2D eigenvalue weighted by atomic mass is 10.1. The summed E-state index contributed by atoms with van der Waals surface area (Å²) in [7, 11) is 0. The van der Waals surface area contributed by atoms with Crippen molar-refractivity contribution < 1.29 is 33.4 Å². The first kappa shape index (κ1) is 26.7. The molecular weight excluding hydrogens is 380 g/mol. The molecule has 9 heteroatoms. The van der Waals surface area contributed by atoms with Crippen LogP contribution in [0.4, 0.5) is 4.79 Å². The number of esters is 3. The average molecular weight is 417 g/mol. The topological polar surface area (TPSA) is 120 Å². The second kappa shape index (κ2) is 11.6. The predicted octanol–water partition coefficient (Wildman–Crippen LogP) is 2.46. The van der Waals surface area contributed by atoms with Gasteiger partial charge in [-0.3, -0.25) is 9.59 Å². The molecule has 0 aromatic rings. The molecule has 0 radical (unpaired) electrons. The van der Waals surface area contributed by atoms with Crippen molar-refractivity contribution in [1.82, 2.24) is 10.6 Å². The van der Waals surface area contributed by atoms with Crippen LogP contribution in [-0.4, -0.2) is 53.8 Å². The second-order valence-electron chi connectivity index (χ2n) is 8.75. The normalized spacial score (nSPS) is 13.7. The Hall–Kier alpha value is -2.32. The summed E-state index contributed by atoms with van der Waals surface area (Å²) in [4.78, 5) is 48.1. The Morgan fingerprint density at radius 1 is 0.897 bits per heavy atom. The van der Waals surface area contributed by atoms with Crippen molar-refractivity contribution in [1.29, 1.82) is 0 Å². The summed E-state index contributed by atoms with van der Waals surface area (Å²) in [5, 5.41) is 4.78. The summed E-state index contributed by atoms with van der Waals surface area (Å²) in [5.74, 6) is -1.76. The Labute approximate surface area is 173 Å². The third-order valence-corrected chi connectivity index (χ3v) is 3.35. The summed E-state index contributed by atoms with van der Waals surface area (Å²) in [6, 6.07) is -1.82. The van der Waals surface area contributed by atoms with Gasteiger partial charge in [0.05, 0.1) is 6.10 Å². The van der Waals surface area contributed by atoms with E-state index in [0.29, 0.717) is 6.42 Å². The molecule has 0 bridgehead atoms. The first-order chi connectivity index (χ1) is 13.1. The van der Waals surface area contributed by atoms with Crippen molar-refractivity contribution in [2.24, 2.45) is 0 Å². The first-order valence-corrected chi connectivity index (χ1v) is 9.81. The van der Waals surface area contributed by atoms with Gasteiger partial charge in [0.2, 0.25) is 0 Å². The lowest BCUT2D eigenvalue weighted by Gasteiger charge is -2.25. The van der Waals surface area contributed by atoms with Gasteiger partial charge in [-0.1, -0.05) is 6.92 Å². The van der Waals surface area contributed by atoms with Crippen LogP contribution in [0.15, 0.2) is 0 Å². The molecule has 0 heterocycles. The minimum absolute atomic E-state index is 0.00539. The van der Waals surface area contributed by atoms with Crippen molar-refractivity contribution in [2.45, 2.75) is 98.0 Å². The molecule has 2 amide bonds. The summed E-state index contributed by atoms with van der Waals surface area (Å²) in [6.07, 6.45) is 0.311. The SMILES string of the molecule is CC[C@H](C)OC(=O)CNC(=O)N[C@@H](CCC(=O)OC(C)(C)C)C(=O)OC(C)(C)C. The number of rotatable bonds is 9. The molecule has 2 atom stereocenters. The van der Waals surface area contributed by atoms with E-state index in [0.717, 1.165) is 0 Å². The number of hydrogen-bond acceptors (Lipinski definition) is 7. The highest BCUT2D eigenvalue weighted by Gasteiger charge is 2.28. The van der Waals surface area contributed by atoms with E-state index < -0.39 is 41.2 Å². The molecule has 0 aromatic heterocycles. The number of nitrogens with one attached hydrogen (secondary N) is 2. The lowest BCUT2D eigenvalue weighted by Crippen LogP contribution is -2.49. The van der Waals surface area contributed by atoms with Crippen molar-refractivity contribution >= 4 is 23.9 Å². The largest absolute Gasteiger partial charge is 0.461 e. The van der Waals surface area contributed by atoms with Crippen LogP contribution in [0.1, 0.15) is 74.7 Å². The molecule has 9 nitrogen and oxygen atoms in total. The van der Waals surface area contributed by atoms with E-state index in [2.05, 4.69) is 10.6 Å². The lowest BCUT2D eigenvalue weighted by molar-refractivity contribution is -0.158. The molecule has 0 unspecified atom stereocenters. The van der Waals surface area contributed by atoms with Gasteiger partial charge in [0.15, 0.2) is 0 Å². The number of urea groups is 1. The van der Waals surface area contributed by atoms with Gasteiger partial charge in [0.25, 0.3) is 0 Å². The molecule has 0 aromatic carbocycles. The van der Waals surface area contributed by atoms with E-state index in [9.17, 15) is 19.2 Å². The van der Waals surface area contributed by atoms with Crippen LogP contribution in [0.3, 0.4) is 0 Å². The van der Waals surface area contributed by atoms with E-state index in [-0.39, 0.29) is 25.5 Å². The van der Waals surface area contributed by atoms with Crippen LogP contribution >= 0.6 is 0 Å². The Morgan fingerprint density at radius 3 is 1.93 bits per heavy atom. The maximum absolute atomic E-state index is 12.4. The van der Waals surface area contributed by atoms with Crippen molar-refractivity contribution in [3.8, 4) is 0 Å². The van der Waals surface area contributed by atoms with Gasteiger partial charge in [0, 0.05) is 6.42 Å². The Kier molecular flexibility index (Phi) is 10.7. The fourth-order valence-corrected chi connectivity index (χ4v) is 1.99. The smallest absolute Gasteiger partial charge is 0.329 e.